The Hall–Kier alpha value is -6.88. The summed E-state index contributed by atoms with van der Waals surface area (Å²) in [7, 11) is 0. The molecule has 11 rings (SSSR count). The van der Waals surface area contributed by atoms with Gasteiger partial charge in [-0.15, -0.1) is 11.3 Å². The predicted molar refractivity (Wildman–Crippen MR) is 229 cm³/mol. The van der Waals surface area contributed by atoms with Crippen LogP contribution in [-0.4, -0.2) is 14.5 Å². The molecule has 0 radical (unpaired) electrons. The number of aromatic nitrogens is 3. The molecule has 0 aliphatic heterocycles. The molecule has 0 unspecified atom stereocenters. The van der Waals surface area contributed by atoms with Gasteiger partial charge in [0.2, 0.25) is 5.95 Å². The molecule has 0 fully saturated rings. The zero-order valence-corrected chi connectivity index (χ0v) is 30.0. The zero-order chi connectivity index (χ0) is 35.6. The Labute approximate surface area is 316 Å². The summed E-state index contributed by atoms with van der Waals surface area (Å²) in [6.45, 7) is 0. The molecule has 0 saturated carbocycles. The largest absolute Gasteiger partial charge is 0.278 e. The monoisotopic (exact) mass is 705 g/mol. The Morgan fingerprint density at radius 2 is 0.963 bits per heavy atom. The summed E-state index contributed by atoms with van der Waals surface area (Å²) in [6, 6.07) is 67.4. The highest BCUT2D eigenvalue weighted by Crippen LogP contribution is 2.42. The van der Waals surface area contributed by atoms with E-state index in [0.29, 0.717) is 5.95 Å². The number of para-hydroxylation sites is 2. The van der Waals surface area contributed by atoms with Gasteiger partial charge < -0.3 is 0 Å². The molecule has 11 aromatic rings. The van der Waals surface area contributed by atoms with Gasteiger partial charge in [-0.25, -0.2) is 9.97 Å². The minimum Gasteiger partial charge on any atom is -0.278 e. The molecule has 0 amide bonds. The molecule has 3 heterocycles. The average Bonchev–Trinajstić information content (AvgIpc) is 3.79. The highest BCUT2D eigenvalue weighted by atomic mass is 32.1. The van der Waals surface area contributed by atoms with Crippen molar-refractivity contribution in [1.29, 1.82) is 0 Å². The van der Waals surface area contributed by atoms with Gasteiger partial charge in [-0.05, 0) is 68.4 Å². The van der Waals surface area contributed by atoms with Gasteiger partial charge in [0.05, 0.1) is 26.9 Å². The first-order chi connectivity index (χ1) is 26.8. The standard InChI is InChI=1S/C50H31N3S/c1-2-13-32(14-3-1)33-27-29-34(30-28-33)38-22-11-15-35-16-12-23-39(46(35)38)36-17-10-18-37(31-36)47-49-48(42-21-6-9-26-45(42)54-49)52-50(51-47)53-43-24-7-4-19-40(43)41-20-5-8-25-44(41)53/h1-31H. The van der Waals surface area contributed by atoms with Crippen molar-refractivity contribution >= 4 is 64.2 Å². The van der Waals surface area contributed by atoms with Crippen LogP contribution in [0.15, 0.2) is 188 Å². The fourth-order valence-corrected chi connectivity index (χ4v) is 9.30. The maximum atomic E-state index is 5.47. The first kappa shape index (κ1) is 30.7. The maximum absolute atomic E-state index is 5.47. The molecule has 0 atom stereocenters. The Bertz CT molecular complexity index is 3150. The van der Waals surface area contributed by atoms with E-state index >= 15 is 0 Å². The number of thiophene rings is 1. The van der Waals surface area contributed by atoms with Crippen LogP contribution >= 0.6 is 11.3 Å². The normalized spacial score (nSPS) is 11.7. The quantitative estimate of drug-likeness (QED) is 0.178. The van der Waals surface area contributed by atoms with E-state index in [1.165, 1.54) is 54.1 Å². The molecule has 4 heteroatoms. The topological polar surface area (TPSA) is 30.7 Å². The number of fused-ring (bicyclic) bond motifs is 7. The third-order valence-corrected chi connectivity index (χ3v) is 11.8. The number of benzene rings is 8. The average molecular weight is 706 g/mol. The minimum absolute atomic E-state index is 0.676. The molecule has 3 nitrogen and oxygen atoms in total. The van der Waals surface area contributed by atoms with Gasteiger partial charge in [0.1, 0.15) is 0 Å². The molecule has 54 heavy (non-hydrogen) atoms. The van der Waals surface area contributed by atoms with Crippen LogP contribution in [0.5, 0.6) is 0 Å². The van der Waals surface area contributed by atoms with Crippen molar-refractivity contribution in [1.82, 2.24) is 14.5 Å². The lowest BCUT2D eigenvalue weighted by Crippen LogP contribution is -2.02. The van der Waals surface area contributed by atoms with E-state index in [-0.39, 0.29) is 0 Å². The molecule has 0 spiro atoms. The SMILES string of the molecule is c1ccc(-c2ccc(-c3cccc4cccc(-c5cccc(-c6nc(-n7c8ccccc8c8ccccc87)nc7c6sc6ccccc67)c5)c34)cc2)cc1. The fraction of sp³-hybridized carbons (Fsp3) is 0. The molecular weight excluding hydrogens is 675 g/mol. The van der Waals surface area contributed by atoms with E-state index in [0.717, 1.165) is 43.5 Å². The van der Waals surface area contributed by atoms with Crippen LogP contribution in [0.1, 0.15) is 0 Å². The van der Waals surface area contributed by atoms with E-state index in [1.54, 1.807) is 11.3 Å². The van der Waals surface area contributed by atoms with E-state index in [1.807, 2.05) is 0 Å². The molecule has 0 N–H and O–H groups in total. The van der Waals surface area contributed by atoms with E-state index in [9.17, 15) is 0 Å². The van der Waals surface area contributed by atoms with Crippen molar-refractivity contribution in [2.45, 2.75) is 0 Å². The zero-order valence-electron chi connectivity index (χ0n) is 29.1. The van der Waals surface area contributed by atoms with Crippen LogP contribution in [0.2, 0.25) is 0 Å². The smallest absolute Gasteiger partial charge is 0.235 e. The van der Waals surface area contributed by atoms with Crippen LogP contribution in [0.3, 0.4) is 0 Å². The summed E-state index contributed by atoms with van der Waals surface area (Å²) < 4.78 is 4.52. The lowest BCUT2D eigenvalue weighted by molar-refractivity contribution is 1.02. The molecule has 8 aromatic carbocycles. The lowest BCUT2D eigenvalue weighted by atomic mass is 9.90. The van der Waals surface area contributed by atoms with Crippen molar-refractivity contribution in [2.75, 3.05) is 0 Å². The van der Waals surface area contributed by atoms with Crippen LogP contribution in [0, 0.1) is 0 Å². The van der Waals surface area contributed by atoms with Gasteiger partial charge in [0.15, 0.2) is 0 Å². The number of hydrogen-bond acceptors (Lipinski definition) is 3. The molecule has 0 aliphatic rings. The molecule has 0 aliphatic carbocycles. The predicted octanol–water partition coefficient (Wildman–Crippen LogP) is 13.8. The molecule has 0 saturated heterocycles. The summed E-state index contributed by atoms with van der Waals surface area (Å²) in [5, 5.41) is 5.99. The maximum Gasteiger partial charge on any atom is 0.235 e. The molecular formula is C50H31N3S. The van der Waals surface area contributed by atoms with Gasteiger partial charge in [-0.2, -0.15) is 0 Å². The summed E-state index contributed by atoms with van der Waals surface area (Å²) in [6.07, 6.45) is 0. The minimum atomic E-state index is 0.676. The molecule has 0 bridgehead atoms. The first-order valence-electron chi connectivity index (χ1n) is 18.2. The number of rotatable bonds is 5. The highest BCUT2D eigenvalue weighted by molar-refractivity contribution is 7.26. The molecule has 3 aromatic heterocycles. The number of nitrogens with zero attached hydrogens (tertiary/aromatic N) is 3. The second-order valence-corrected chi connectivity index (χ2v) is 14.8. The van der Waals surface area contributed by atoms with E-state index < -0.39 is 0 Å². The lowest BCUT2D eigenvalue weighted by Gasteiger charge is -2.14. The van der Waals surface area contributed by atoms with E-state index in [4.69, 9.17) is 9.97 Å². The summed E-state index contributed by atoms with van der Waals surface area (Å²) in [5.41, 5.74) is 12.4. The van der Waals surface area contributed by atoms with Gasteiger partial charge in [-0.3, -0.25) is 4.57 Å². The summed E-state index contributed by atoms with van der Waals surface area (Å²) in [5.74, 6) is 0.676. The first-order valence-corrected chi connectivity index (χ1v) is 19.1. The van der Waals surface area contributed by atoms with Crippen LogP contribution in [0.4, 0.5) is 0 Å². The second kappa shape index (κ2) is 12.4. The van der Waals surface area contributed by atoms with Gasteiger partial charge >= 0.3 is 0 Å². The van der Waals surface area contributed by atoms with Gasteiger partial charge in [-0.1, -0.05) is 164 Å². The third kappa shape index (κ3) is 4.88. The van der Waals surface area contributed by atoms with Crippen molar-refractivity contribution < 1.29 is 0 Å². The van der Waals surface area contributed by atoms with Crippen molar-refractivity contribution in [3.05, 3.63) is 188 Å². The van der Waals surface area contributed by atoms with E-state index in [2.05, 4.69) is 193 Å². The Morgan fingerprint density at radius 1 is 0.407 bits per heavy atom. The summed E-state index contributed by atoms with van der Waals surface area (Å²) >= 11 is 1.77. The Morgan fingerprint density at radius 3 is 1.70 bits per heavy atom. The second-order valence-electron chi connectivity index (χ2n) is 13.8. The molecule has 252 valence electrons. The highest BCUT2D eigenvalue weighted by Gasteiger charge is 2.20. The Balaban J connectivity index is 1.11. The van der Waals surface area contributed by atoms with Crippen molar-refractivity contribution in [3.63, 3.8) is 0 Å². The third-order valence-electron chi connectivity index (χ3n) is 10.6. The van der Waals surface area contributed by atoms with Crippen molar-refractivity contribution in [2.24, 2.45) is 0 Å². The van der Waals surface area contributed by atoms with Crippen LogP contribution in [-0.2, 0) is 0 Å². The van der Waals surface area contributed by atoms with Crippen LogP contribution < -0.4 is 0 Å². The van der Waals surface area contributed by atoms with Gasteiger partial charge in [0, 0.05) is 26.4 Å². The van der Waals surface area contributed by atoms with Crippen molar-refractivity contribution in [3.8, 4) is 50.6 Å². The van der Waals surface area contributed by atoms with Gasteiger partial charge in [0.25, 0.3) is 0 Å². The number of hydrogen-bond donors (Lipinski definition) is 0. The summed E-state index contributed by atoms with van der Waals surface area (Å²) in [4.78, 5) is 10.8. The van der Waals surface area contributed by atoms with Crippen LogP contribution in [0.25, 0.3) is 103 Å². The fourth-order valence-electron chi connectivity index (χ4n) is 8.14. The Kier molecular flexibility index (Phi) is 7.04.